The molecule has 0 saturated heterocycles. The first-order valence-electron chi connectivity index (χ1n) is 6.38. The quantitative estimate of drug-likeness (QED) is 0.741. The van der Waals surface area contributed by atoms with E-state index in [1.54, 1.807) is 17.9 Å². The number of carbonyl (C=O) groups is 1. The number of aliphatic carboxylic acids is 1. The Kier molecular flexibility index (Phi) is 3.73. The Bertz CT molecular complexity index is 638. The van der Waals surface area contributed by atoms with Crippen LogP contribution in [-0.2, 0) is 11.8 Å². The van der Waals surface area contributed by atoms with Crippen molar-refractivity contribution in [3.8, 4) is 0 Å². The second-order valence-electron chi connectivity index (χ2n) is 4.78. The third-order valence-corrected chi connectivity index (χ3v) is 3.39. The van der Waals surface area contributed by atoms with Crippen LogP contribution in [0, 0.1) is 5.92 Å². The Morgan fingerprint density at radius 3 is 2.85 bits per heavy atom. The molecule has 2 rings (SSSR count). The van der Waals surface area contributed by atoms with Crippen LogP contribution in [-0.4, -0.2) is 36.9 Å². The second kappa shape index (κ2) is 5.32. The summed E-state index contributed by atoms with van der Waals surface area (Å²) in [6, 6.07) is -0.759. The maximum absolute atomic E-state index is 11.3. The van der Waals surface area contributed by atoms with Gasteiger partial charge in [0.2, 0.25) is 5.95 Å². The van der Waals surface area contributed by atoms with E-state index in [2.05, 4.69) is 20.4 Å². The van der Waals surface area contributed by atoms with Crippen molar-refractivity contribution in [2.45, 2.75) is 26.3 Å². The fraction of sp³-hybridized carbons (Fsp3) is 0.500. The van der Waals surface area contributed by atoms with E-state index in [1.807, 2.05) is 13.8 Å². The average molecular weight is 278 g/mol. The summed E-state index contributed by atoms with van der Waals surface area (Å²) in [5.41, 5.74) is 6.40. The molecule has 2 heterocycles. The molecular weight excluding hydrogens is 260 g/mol. The highest BCUT2D eigenvalue weighted by atomic mass is 16.4. The monoisotopic (exact) mass is 278 g/mol. The highest BCUT2D eigenvalue weighted by Gasteiger charge is 2.24. The predicted molar refractivity (Wildman–Crippen MR) is 75.2 cm³/mol. The number of hydrogen-bond donors (Lipinski definition) is 3. The van der Waals surface area contributed by atoms with Crippen molar-refractivity contribution >= 4 is 28.8 Å². The molecule has 8 nitrogen and oxygen atoms in total. The number of fused-ring (bicyclic) bond motifs is 1. The zero-order chi connectivity index (χ0) is 14.9. The summed E-state index contributed by atoms with van der Waals surface area (Å²) < 4.78 is 1.57. The van der Waals surface area contributed by atoms with Gasteiger partial charge in [-0.25, -0.2) is 4.79 Å². The minimum Gasteiger partial charge on any atom is -0.480 e. The van der Waals surface area contributed by atoms with Crippen LogP contribution in [0.5, 0.6) is 0 Å². The molecule has 108 valence electrons. The van der Waals surface area contributed by atoms with Gasteiger partial charge in [-0.05, 0) is 5.92 Å². The lowest BCUT2D eigenvalue weighted by Crippen LogP contribution is -2.36. The molecule has 0 aromatic carbocycles. The molecule has 0 unspecified atom stereocenters. The third-order valence-electron chi connectivity index (χ3n) is 3.39. The van der Waals surface area contributed by atoms with E-state index in [-0.39, 0.29) is 17.7 Å². The van der Waals surface area contributed by atoms with Crippen LogP contribution in [0.4, 0.5) is 11.8 Å². The molecule has 2 aromatic heterocycles. The van der Waals surface area contributed by atoms with Crippen LogP contribution >= 0.6 is 0 Å². The summed E-state index contributed by atoms with van der Waals surface area (Å²) in [6.45, 7) is 3.79. The van der Waals surface area contributed by atoms with Gasteiger partial charge in [-0.15, -0.1) is 0 Å². The molecule has 0 aliphatic rings. The number of nitrogens with zero attached hydrogens (tertiary/aromatic N) is 4. The number of nitrogens with two attached hydrogens (primary N) is 1. The molecule has 8 heteroatoms. The lowest BCUT2D eigenvalue weighted by atomic mass is 9.99. The summed E-state index contributed by atoms with van der Waals surface area (Å²) in [4.78, 5) is 19.7. The first kappa shape index (κ1) is 14.0. The Balaban J connectivity index is 2.37. The number of nitrogens with one attached hydrogen (secondary N) is 1. The lowest BCUT2D eigenvalue weighted by Gasteiger charge is -2.20. The average Bonchev–Trinajstić information content (AvgIpc) is 2.77. The standard InChI is InChI=1S/C12H18N6O2/c1-4-6(2)8(11(19)20)15-12-16-9(13)7-5-14-18(3)10(7)17-12/h5-6,8H,4H2,1-3H3,(H,19,20)(H3,13,15,16,17)/t6-,8-/m0/s1. The van der Waals surface area contributed by atoms with Crippen molar-refractivity contribution in [1.82, 2.24) is 19.7 Å². The maximum atomic E-state index is 11.3. The molecule has 0 bridgehead atoms. The van der Waals surface area contributed by atoms with Crippen LogP contribution in [0.1, 0.15) is 20.3 Å². The maximum Gasteiger partial charge on any atom is 0.326 e. The zero-order valence-corrected chi connectivity index (χ0v) is 11.7. The molecule has 0 fully saturated rings. The van der Waals surface area contributed by atoms with E-state index in [0.29, 0.717) is 11.0 Å². The molecule has 0 saturated carbocycles. The van der Waals surface area contributed by atoms with E-state index in [0.717, 1.165) is 6.42 Å². The Labute approximate surface area is 116 Å². The smallest absolute Gasteiger partial charge is 0.326 e. The van der Waals surface area contributed by atoms with Crippen LogP contribution < -0.4 is 11.1 Å². The summed E-state index contributed by atoms with van der Waals surface area (Å²) >= 11 is 0. The molecule has 0 aliphatic heterocycles. The van der Waals surface area contributed by atoms with E-state index in [1.165, 1.54) is 0 Å². The predicted octanol–water partition coefficient (Wildman–Crippen LogP) is 0.857. The zero-order valence-electron chi connectivity index (χ0n) is 11.7. The van der Waals surface area contributed by atoms with Gasteiger partial charge in [0.05, 0.1) is 11.6 Å². The number of anilines is 2. The van der Waals surface area contributed by atoms with E-state index in [9.17, 15) is 9.90 Å². The Morgan fingerprint density at radius 1 is 1.55 bits per heavy atom. The van der Waals surface area contributed by atoms with Crippen LogP contribution in [0.15, 0.2) is 6.20 Å². The van der Waals surface area contributed by atoms with Gasteiger partial charge >= 0.3 is 5.97 Å². The van der Waals surface area contributed by atoms with Crippen molar-refractivity contribution in [1.29, 1.82) is 0 Å². The number of rotatable bonds is 5. The molecule has 0 aliphatic carbocycles. The molecular formula is C12H18N6O2. The molecule has 0 spiro atoms. The van der Waals surface area contributed by atoms with Gasteiger partial charge in [-0.2, -0.15) is 15.1 Å². The number of aryl methyl sites for hydroxylation is 1. The van der Waals surface area contributed by atoms with Gasteiger partial charge in [0.1, 0.15) is 11.9 Å². The van der Waals surface area contributed by atoms with Crippen molar-refractivity contribution in [3.63, 3.8) is 0 Å². The molecule has 0 radical (unpaired) electrons. The van der Waals surface area contributed by atoms with E-state index >= 15 is 0 Å². The van der Waals surface area contributed by atoms with Gasteiger partial charge in [0.15, 0.2) is 5.65 Å². The Morgan fingerprint density at radius 2 is 2.25 bits per heavy atom. The Hall–Kier alpha value is -2.38. The first-order chi connectivity index (χ1) is 9.43. The third kappa shape index (κ3) is 2.49. The van der Waals surface area contributed by atoms with Crippen molar-refractivity contribution in [3.05, 3.63) is 6.20 Å². The van der Waals surface area contributed by atoms with Gasteiger partial charge < -0.3 is 16.2 Å². The summed E-state index contributed by atoms with van der Waals surface area (Å²) in [6.07, 6.45) is 2.31. The lowest BCUT2D eigenvalue weighted by molar-refractivity contribution is -0.139. The number of aromatic nitrogens is 4. The highest BCUT2D eigenvalue weighted by molar-refractivity contribution is 5.86. The van der Waals surface area contributed by atoms with E-state index in [4.69, 9.17) is 5.73 Å². The largest absolute Gasteiger partial charge is 0.480 e. The topological polar surface area (TPSA) is 119 Å². The van der Waals surface area contributed by atoms with E-state index < -0.39 is 12.0 Å². The summed E-state index contributed by atoms with van der Waals surface area (Å²) in [7, 11) is 1.74. The normalized spacial score (nSPS) is 14.2. The van der Waals surface area contributed by atoms with Crippen molar-refractivity contribution in [2.75, 3.05) is 11.1 Å². The number of carboxylic acid groups (broad SMARTS) is 1. The van der Waals surface area contributed by atoms with Gasteiger partial charge in [0.25, 0.3) is 0 Å². The van der Waals surface area contributed by atoms with Gasteiger partial charge in [-0.1, -0.05) is 20.3 Å². The fourth-order valence-electron chi connectivity index (χ4n) is 1.93. The molecule has 2 aromatic rings. The van der Waals surface area contributed by atoms with Crippen LogP contribution in [0.25, 0.3) is 11.0 Å². The first-order valence-corrected chi connectivity index (χ1v) is 6.38. The SMILES string of the molecule is CC[C@H](C)[C@H](Nc1nc(N)c2cnn(C)c2n1)C(=O)O. The molecule has 2 atom stereocenters. The highest BCUT2D eigenvalue weighted by Crippen LogP contribution is 2.20. The molecule has 0 amide bonds. The van der Waals surface area contributed by atoms with Crippen LogP contribution in [0.2, 0.25) is 0 Å². The summed E-state index contributed by atoms with van der Waals surface area (Å²) in [5, 5.41) is 16.8. The van der Waals surface area contributed by atoms with Gasteiger partial charge in [0, 0.05) is 7.05 Å². The molecule has 4 N–H and O–H groups in total. The van der Waals surface area contributed by atoms with Crippen molar-refractivity contribution < 1.29 is 9.90 Å². The second-order valence-corrected chi connectivity index (χ2v) is 4.78. The number of carboxylic acids is 1. The van der Waals surface area contributed by atoms with Gasteiger partial charge in [-0.3, -0.25) is 4.68 Å². The fourth-order valence-corrected chi connectivity index (χ4v) is 1.93. The minimum atomic E-state index is -0.938. The number of hydrogen-bond acceptors (Lipinski definition) is 6. The summed E-state index contributed by atoms with van der Waals surface area (Å²) in [5.74, 6) is -0.517. The minimum absolute atomic E-state index is 0.0560. The van der Waals surface area contributed by atoms with Crippen LogP contribution in [0.3, 0.4) is 0 Å². The van der Waals surface area contributed by atoms with Crippen molar-refractivity contribution in [2.24, 2.45) is 13.0 Å². The number of nitrogen functional groups attached to an aromatic ring is 1. The molecule has 20 heavy (non-hydrogen) atoms.